The molecule has 19 heavy (non-hydrogen) atoms. The van der Waals surface area contributed by atoms with Gasteiger partial charge in [0.15, 0.2) is 0 Å². The van der Waals surface area contributed by atoms with Gasteiger partial charge in [-0.3, -0.25) is 0 Å². The van der Waals surface area contributed by atoms with Gasteiger partial charge < -0.3 is 10.2 Å². The van der Waals surface area contributed by atoms with Crippen LogP contribution < -0.4 is 5.32 Å². The number of rotatable bonds is 2. The minimum absolute atomic E-state index is 0.122. The van der Waals surface area contributed by atoms with Crippen molar-refractivity contribution in [2.45, 2.75) is 39.3 Å². The predicted molar refractivity (Wildman–Crippen MR) is 81.0 cm³/mol. The normalized spacial score (nSPS) is 17.1. The number of benzene rings is 1. The topological polar surface area (TPSA) is 27.6 Å². The monoisotopic (exact) mass is 257 g/mol. The summed E-state index contributed by atoms with van der Waals surface area (Å²) in [5.74, 6) is 0.955. The standard InChI is InChI=1S/C16H23N3/c1-13(14-8-6-5-7-9-14)18-15-10-11-19(12-17-15)16(2,3)4/h5-11,13H,12H2,1-4H3,(H,17,18). The lowest BCUT2D eigenvalue weighted by molar-refractivity contribution is 0.209. The lowest BCUT2D eigenvalue weighted by Crippen LogP contribution is -2.40. The summed E-state index contributed by atoms with van der Waals surface area (Å²) >= 11 is 0. The minimum Gasteiger partial charge on any atom is -0.364 e. The fourth-order valence-electron chi connectivity index (χ4n) is 1.99. The first kappa shape index (κ1) is 13.7. The van der Waals surface area contributed by atoms with Crippen LogP contribution in [-0.2, 0) is 0 Å². The number of hydrogen-bond acceptors (Lipinski definition) is 3. The predicted octanol–water partition coefficient (Wildman–Crippen LogP) is 3.32. The molecule has 0 spiro atoms. The van der Waals surface area contributed by atoms with Crippen molar-refractivity contribution in [3.63, 3.8) is 0 Å². The molecule has 0 saturated heterocycles. The van der Waals surface area contributed by atoms with E-state index in [-0.39, 0.29) is 11.6 Å². The molecule has 1 aliphatic heterocycles. The smallest absolute Gasteiger partial charge is 0.124 e. The van der Waals surface area contributed by atoms with Gasteiger partial charge in [-0.1, -0.05) is 30.3 Å². The van der Waals surface area contributed by atoms with Crippen molar-refractivity contribution in [2.24, 2.45) is 4.99 Å². The Morgan fingerprint density at radius 3 is 2.42 bits per heavy atom. The van der Waals surface area contributed by atoms with Gasteiger partial charge in [-0.15, -0.1) is 0 Å². The SMILES string of the molecule is CC(NC1=NCN(C(C)(C)C)C=C1)c1ccccc1. The third kappa shape index (κ3) is 3.60. The summed E-state index contributed by atoms with van der Waals surface area (Å²) < 4.78 is 0. The van der Waals surface area contributed by atoms with Crippen LogP contribution in [0.3, 0.4) is 0 Å². The van der Waals surface area contributed by atoms with E-state index >= 15 is 0 Å². The summed E-state index contributed by atoms with van der Waals surface area (Å²) in [5.41, 5.74) is 1.40. The summed E-state index contributed by atoms with van der Waals surface area (Å²) in [5, 5.41) is 3.44. The zero-order valence-electron chi connectivity index (χ0n) is 12.2. The highest BCUT2D eigenvalue weighted by molar-refractivity contribution is 5.93. The second-order valence-corrected chi connectivity index (χ2v) is 5.92. The molecule has 0 aliphatic carbocycles. The molecule has 102 valence electrons. The van der Waals surface area contributed by atoms with Gasteiger partial charge in [0.05, 0.1) is 0 Å². The highest BCUT2D eigenvalue weighted by Gasteiger charge is 2.19. The second kappa shape index (κ2) is 5.47. The van der Waals surface area contributed by atoms with Crippen molar-refractivity contribution < 1.29 is 0 Å². The van der Waals surface area contributed by atoms with Crippen LogP contribution in [0.1, 0.15) is 39.3 Å². The van der Waals surface area contributed by atoms with Gasteiger partial charge in [0.2, 0.25) is 0 Å². The highest BCUT2D eigenvalue weighted by atomic mass is 15.3. The molecular weight excluding hydrogens is 234 g/mol. The van der Waals surface area contributed by atoms with Crippen LogP contribution in [0.2, 0.25) is 0 Å². The van der Waals surface area contributed by atoms with Crippen LogP contribution >= 0.6 is 0 Å². The lowest BCUT2D eigenvalue weighted by Gasteiger charge is -2.35. The fraction of sp³-hybridized carbons (Fsp3) is 0.438. The Hall–Kier alpha value is -1.77. The molecule has 1 heterocycles. The van der Waals surface area contributed by atoms with E-state index in [4.69, 9.17) is 0 Å². The first-order valence-electron chi connectivity index (χ1n) is 6.78. The van der Waals surface area contributed by atoms with Crippen molar-refractivity contribution in [2.75, 3.05) is 6.67 Å². The van der Waals surface area contributed by atoms with Crippen LogP contribution in [-0.4, -0.2) is 22.9 Å². The van der Waals surface area contributed by atoms with Crippen molar-refractivity contribution >= 4 is 5.84 Å². The Bertz CT molecular complexity index is 469. The van der Waals surface area contributed by atoms with Gasteiger partial charge in [-0.25, -0.2) is 4.99 Å². The van der Waals surface area contributed by atoms with Crippen molar-refractivity contribution in [3.8, 4) is 0 Å². The maximum absolute atomic E-state index is 4.59. The highest BCUT2D eigenvalue weighted by Crippen LogP contribution is 2.17. The third-order valence-electron chi connectivity index (χ3n) is 3.33. The van der Waals surface area contributed by atoms with E-state index in [1.54, 1.807) is 0 Å². The number of amidine groups is 1. The average Bonchev–Trinajstić information content (AvgIpc) is 2.39. The first-order chi connectivity index (χ1) is 8.97. The van der Waals surface area contributed by atoms with Crippen molar-refractivity contribution in [1.29, 1.82) is 0 Å². The molecule has 0 amide bonds. The largest absolute Gasteiger partial charge is 0.364 e. The molecule has 0 radical (unpaired) electrons. The van der Waals surface area contributed by atoms with Crippen LogP contribution in [0.4, 0.5) is 0 Å². The van der Waals surface area contributed by atoms with Gasteiger partial charge >= 0.3 is 0 Å². The molecule has 1 N–H and O–H groups in total. The van der Waals surface area contributed by atoms with E-state index in [1.807, 2.05) is 12.1 Å². The molecule has 0 fully saturated rings. The van der Waals surface area contributed by atoms with Gasteiger partial charge in [0.1, 0.15) is 12.5 Å². The zero-order chi connectivity index (χ0) is 13.9. The lowest BCUT2D eigenvalue weighted by atomic mass is 10.1. The molecular formula is C16H23N3. The Morgan fingerprint density at radius 1 is 1.21 bits per heavy atom. The molecule has 1 unspecified atom stereocenters. The van der Waals surface area contributed by atoms with Crippen LogP contribution in [0.25, 0.3) is 0 Å². The van der Waals surface area contributed by atoms with Gasteiger partial charge in [-0.2, -0.15) is 0 Å². The molecule has 0 aromatic heterocycles. The van der Waals surface area contributed by atoms with E-state index in [0.29, 0.717) is 6.67 Å². The Balaban J connectivity index is 1.96. The summed E-state index contributed by atoms with van der Waals surface area (Å²) in [6.07, 6.45) is 4.17. The van der Waals surface area contributed by atoms with Crippen molar-refractivity contribution in [3.05, 3.63) is 48.2 Å². The Morgan fingerprint density at radius 2 is 1.89 bits per heavy atom. The molecule has 1 atom stereocenters. The molecule has 0 bridgehead atoms. The summed E-state index contributed by atoms with van der Waals surface area (Å²) in [7, 11) is 0. The summed E-state index contributed by atoms with van der Waals surface area (Å²) in [6.45, 7) is 9.44. The zero-order valence-corrected chi connectivity index (χ0v) is 12.2. The average molecular weight is 257 g/mol. The first-order valence-corrected chi connectivity index (χ1v) is 6.78. The van der Waals surface area contributed by atoms with E-state index in [2.05, 4.69) is 73.4 Å². The Kier molecular flexibility index (Phi) is 3.93. The van der Waals surface area contributed by atoms with E-state index in [9.17, 15) is 0 Å². The molecule has 3 nitrogen and oxygen atoms in total. The van der Waals surface area contributed by atoms with Gasteiger partial charge in [0.25, 0.3) is 0 Å². The summed E-state index contributed by atoms with van der Waals surface area (Å²) in [4.78, 5) is 6.82. The second-order valence-electron chi connectivity index (χ2n) is 5.92. The number of nitrogens with one attached hydrogen (secondary N) is 1. The van der Waals surface area contributed by atoms with Gasteiger partial charge in [-0.05, 0) is 39.3 Å². The Labute approximate surface area is 116 Å². The maximum atomic E-state index is 4.59. The van der Waals surface area contributed by atoms with E-state index in [0.717, 1.165) is 5.84 Å². The summed E-state index contributed by atoms with van der Waals surface area (Å²) in [6, 6.07) is 10.7. The molecule has 0 saturated carbocycles. The number of nitrogens with zero attached hydrogens (tertiary/aromatic N) is 2. The minimum atomic E-state index is 0.122. The molecule has 1 aromatic carbocycles. The maximum Gasteiger partial charge on any atom is 0.124 e. The van der Waals surface area contributed by atoms with E-state index in [1.165, 1.54) is 5.56 Å². The molecule has 3 heteroatoms. The van der Waals surface area contributed by atoms with Crippen molar-refractivity contribution in [1.82, 2.24) is 10.2 Å². The third-order valence-corrected chi connectivity index (χ3v) is 3.33. The van der Waals surface area contributed by atoms with Crippen LogP contribution in [0.15, 0.2) is 47.6 Å². The van der Waals surface area contributed by atoms with Crippen LogP contribution in [0, 0.1) is 0 Å². The molecule has 1 aliphatic rings. The number of hydrogen-bond donors (Lipinski definition) is 1. The molecule has 2 rings (SSSR count). The fourth-order valence-corrected chi connectivity index (χ4v) is 1.99. The molecule has 1 aromatic rings. The van der Waals surface area contributed by atoms with E-state index < -0.39 is 0 Å². The number of aliphatic imine (C=N–C) groups is 1. The van der Waals surface area contributed by atoms with Crippen LogP contribution in [0.5, 0.6) is 0 Å². The van der Waals surface area contributed by atoms with Gasteiger partial charge in [0, 0.05) is 17.8 Å². The quantitative estimate of drug-likeness (QED) is 0.880.